The molecule has 0 fully saturated rings. The van der Waals surface area contributed by atoms with E-state index in [0.717, 1.165) is 5.75 Å². The molecule has 0 bridgehead atoms. The van der Waals surface area contributed by atoms with E-state index in [9.17, 15) is 0 Å². The number of ether oxygens (including phenoxy) is 1. The third-order valence-corrected chi connectivity index (χ3v) is 2.88. The second kappa shape index (κ2) is 5.05. The maximum atomic E-state index is 5.90. The van der Waals surface area contributed by atoms with E-state index < -0.39 is 0 Å². The highest BCUT2D eigenvalue weighted by molar-refractivity contribution is 5.28. The van der Waals surface area contributed by atoms with Crippen LogP contribution in [-0.2, 0) is 0 Å². The van der Waals surface area contributed by atoms with Crippen molar-refractivity contribution in [2.24, 2.45) is 0 Å². The van der Waals surface area contributed by atoms with Gasteiger partial charge >= 0.3 is 0 Å². The molecule has 2 aromatic carbocycles. The Bertz CT molecular complexity index is 468. The first-order valence-corrected chi connectivity index (χ1v) is 5.95. The molecule has 0 aliphatic carbocycles. The van der Waals surface area contributed by atoms with Crippen molar-refractivity contribution >= 4 is 0 Å². The monoisotopic (exact) mass is 226 g/mol. The van der Waals surface area contributed by atoms with Crippen LogP contribution in [0.1, 0.15) is 29.7 Å². The molecule has 0 aromatic heterocycles. The molecule has 0 spiro atoms. The predicted octanol–water partition coefficient (Wildman–Crippen LogP) is 4.44. The lowest BCUT2D eigenvalue weighted by Gasteiger charge is -2.15. The van der Waals surface area contributed by atoms with Gasteiger partial charge in [0.1, 0.15) is 11.9 Å². The van der Waals surface area contributed by atoms with E-state index in [-0.39, 0.29) is 6.10 Å². The lowest BCUT2D eigenvalue weighted by atomic mass is 10.1. The molecule has 0 saturated heterocycles. The lowest BCUT2D eigenvalue weighted by Crippen LogP contribution is -2.02. The second-order valence-electron chi connectivity index (χ2n) is 4.48. The van der Waals surface area contributed by atoms with Gasteiger partial charge in [-0.1, -0.05) is 47.5 Å². The van der Waals surface area contributed by atoms with Crippen molar-refractivity contribution in [3.8, 4) is 5.75 Å². The van der Waals surface area contributed by atoms with E-state index in [1.54, 1.807) is 0 Å². The number of rotatable bonds is 3. The fourth-order valence-electron chi connectivity index (χ4n) is 1.73. The van der Waals surface area contributed by atoms with Gasteiger partial charge in [0, 0.05) is 0 Å². The molecule has 0 N–H and O–H groups in total. The molecular weight excluding hydrogens is 208 g/mol. The van der Waals surface area contributed by atoms with Gasteiger partial charge in [-0.2, -0.15) is 0 Å². The SMILES string of the molecule is Cc1ccc(OC(C)c2ccc(C)cc2)cc1. The van der Waals surface area contributed by atoms with Crippen molar-refractivity contribution in [2.45, 2.75) is 26.9 Å². The van der Waals surface area contributed by atoms with Gasteiger partial charge in [0.25, 0.3) is 0 Å². The van der Waals surface area contributed by atoms with Crippen LogP contribution >= 0.6 is 0 Å². The van der Waals surface area contributed by atoms with Crippen LogP contribution in [0.3, 0.4) is 0 Å². The van der Waals surface area contributed by atoms with E-state index in [1.165, 1.54) is 16.7 Å². The summed E-state index contributed by atoms with van der Waals surface area (Å²) in [6, 6.07) is 16.6. The molecule has 1 atom stereocenters. The Labute approximate surface area is 103 Å². The predicted molar refractivity (Wildman–Crippen MR) is 71.4 cm³/mol. The van der Waals surface area contributed by atoms with Gasteiger partial charge in [-0.05, 0) is 38.5 Å². The normalized spacial score (nSPS) is 12.2. The van der Waals surface area contributed by atoms with Gasteiger partial charge in [0.15, 0.2) is 0 Å². The van der Waals surface area contributed by atoms with Gasteiger partial charge in [0.2, 0.25) is 0 Å². The third-order valence-electron chi connectivity index (χ3n) is 2.88. The largest absolute Gasteiger partial charge is 0.486 e. The molecule has 0 heterocycles. The first kappa shape index (κ1) is 11.7. The van der Waals surface area contributed by atoms with Crippen LogP contribution < -0.4 is 4.74 Å². The maximum absolute atomic E-state index is 5.90. The van der Waals surface area contributed by atoms with Gasteiger partial charge < -0.3 is 4.74 Å². The first-order chi connectivity index (χ1) is 8.15. The zero-order valence-corrected chi connectivity index (χ0v) is 10.6. The average molecular weight is 226 g/mol. The van der Waals surface area contributed by atoms with Crippen molar-refractivity contribution in [1.82, 2.24) is 0 Å². The van der Waals surface area contributed by atoms with Crippen molar-refractivity contribution in [2.75, 3.05) is 0 Å². The average Bonchev–Trinajstić information content (AvgIpc) is 2.33. The van der Waals surface area contributed by atoms with Gasteiger partial charge in [-0.25, -0.2) is 0 Å². The number of aryl methyl sites for hydroxylation is 2. The zero-order valence-electron chi connectivity index (χ0n) is 10.6. The maximum Gasteiger partial charge on any atom is 0.121 e. The van der Waals surface area contributed by atoms with Gasteiger partial charge in [-0.3, -0.25) is 0 Å². The summed E-state index contributed by atoms with van der Waals surface area (Å²) in [6.07, 6.45) is 0.0818. The molecule has 0 aliphatic rings. The highest BCUT2D eigenvalue weighted by Crippen LogP contribution is 2.22. The van der Waals surface area contributed by atoms with Crippen molar-refractivity contribution in [3.63, 3.8) is 0 Å². The van der Waals surface area contributed by atoms with Crippen molar-refractivity contribution in [1.29, 1.82) is 0 Å². The highest BCUT2D eigenvalue weighted by atomic mass is 16.5. The van der Waals surface area contributed by atoms with Crippen LogP contribution in [0, 0.1) is 13.8 Å². The van der Waals surface area contributed by atoms with E-state index in [4.69, 9.17) is 4.74 Å². The summed E-state index contributed by atoms with van der Waals surface area (Å²) in [5.41, 5.74) is 3.73. The standard InChI is InChI=1S/C16H18O/c1-12-4-8-15(9-5-12)14(3)17-16-10-6-13(2)7-11-16/h4-11,14H,1-3H3. The van der Waals surface area contributed by atoms with Crippen LogP contribution in [0.2, 0.25) is 0 Å². The minimum Gasteiger partial charge on any atom is -0.486 e. The van der Waals surface area contributed by atoms with Crippen molar-refractivity contribution in [3.05, 3.63) is 65.2 Å². The zero-order chi connectivity index (χ0) is 12.3. The molecule has 1 nitrogen and oxygen atoms in total. The Morgan fingerprint density at radius 2 is 1.24 bits per heavy atom. The van der Waals surface area contributed by atoms with Crippen LogP contribution in [0.5, 0.6) is 5.75 Å². The molecule has 0 radical (unpaired) electrons. The molecule has 17 heavy (non-hydrogen) atoms. The molecule has 88 valence electrons. The van der Waals surface area contributed by atoms with E-state index in [0.29, 0.717) is 0 Å². The summed E-state index contributed by atoms with van der Waals surface area (Å²) < 4.78 is 5.90. The molecule has 0 amide bonds. The Kier molecular flexibility index (Phi) is 3.48. The quantitative estimate of drug-likeness (QED) is 0.751. The van der Waals surface area contributed by atoms with Crippen LogP contribution in [0.4, 0.5) is 0 Å². The van der Waals surface area contributed by atoms with Crippen LogP contribution in [0.25, 0.3) is 0 Å². The first-order valence-electron chi connectivity index (χ1n) is 5.95. The summed E-state index contributed by atoms with van der Waals surface area (Å²) in [6.45, 7) is 6.24. The van der Waals surface area contributed by atoms with E-state index in [2.05, 4.69) is 57.2 Å². The molecule has 0 saturated carbocycles. The minimum atomic E-state index is 0.0818. The van der Waals surface area contributed by atoms with Crippen LogP contribution in [-0.4, -0.2) is 0 Å². The third kappa shape index (κ3) is 3.10. The van der Waals surface area contributed by atoms with Crippen LogP contribution in [0.15, 0.2) is 48.5 Å². The number of hydrogen-bond donors (Lipinski definition) is 0. The Balaban J connectivity index is 2.08. The molecule has 0 aliphatic heterocycles. The molecule has 1 heteroatoms. The van der Waals surface area contributed by atoms with Crippen molar-refractivity contribution < 1.29 is 4.74 Å². The van der Waals surface area contributed by atoms with E-state index >= 15 is 0 Å². The molecule has 2 aromatic rings. The highest BCUT2D eigenvalue weighted by Gasteiger charge is 2.06. The Hall–Kier alpha value is -1.76. The molecule has 2 rings (SSSR count). The Morgan fingerprint density at radius 3 is 1.76 bits per heavy atom. The fraction of sp³-hybridized carbons (Fsp3) is 0.250. The van der Waals surface area contributed by atoms with Gasteiger partial charge in [-0.15, -0.1) is 0 Å². The Morgan fingerprint density at radius 1 is 0.765 bits per heavy atom. The lowest BCUT2D eigenvalue weighted by molar-refractivity contribution is 0.227. The summed E-state index contributed by atoms with van der Waals surface area (Å²) >= 11 is 0. The molecular formula is C16H18O. The molecule has 1 unspecified atom stereocenters. The summed E-state index contributed by atoms with van der Waals surface area (Å²) in [7, 11) is 0. The number of hydrogen-bond acceptors (Lipinski definition) is 1. The fourth-order valence-corrected chi connectivity index (χ4v) is 1.73. The summed E-state index contributed by atoms with van der Waals surface area (Å²) in [5, 5.41) is 0. The van der Waals surface area contributed by atoms with E-state index in [1.807, 2.05) is 12.1 Å². The smallest absolute Gasteiger partial charge is 0.121 e. The summed E-state index contributed by atoms with van der Waals surface area (Å²) in [4.78, 5) is 0. The minimum absolute atomic E-state index is 0.0818. The van der Waals surface area contributed by atoms with Gasteiger partial charge in [0.05, 0.1) is 0 Å². The second-order valence-corrected chi connectivity index (χ2v) is 4.48. The summed E-state index contributed by atoms with van der Waals surface area (Å²) in [5.74, 6) is 0.920. The topological polar surface area (TPSA) is 9.23 Å². The number of benzene rings is 2.